The maximum absolute atomic E-state index is 11.6. The van der Waals surface area contributed by atoms with Crippen LogP contribution in [0.2, 0.25) is 0 Å². The van der Waals surface area contributed by atoms with E-state index in [1.54, 1.807) is 13.0 Å². The first-order chi connectivity index (χ1) is 8.67. The molecule has 0 unspecified atom stereocenters. The summed E-state index contributed by atoms with van der Waals surface area (Å²) in [5.41, 5.74) is 2.63. The number of ether oxygens (including phenoxy) is 1. The van der Waals surface area contributed by atoms with Crippen molar-refractivity contribution in [3.63, 3.8) is 0 Å². The maximum atomic E-state index is 11.6. The number of hydrogen-bond donors (Lipinski definition) is 1. The molecule has 1 rings (SSSR count). The van der Waals surface area contributed by atoms with E-state index in [0.717, 1.165) is 17.5 Å². The minimum Gasteiger partial charge on any atom is -0.466 e. The summed E-state index contributed by atoms with van der Waals surface area (Å²) in [4.78, 5) is 11.6. The predicted octanol–water partition coefficient (Wildman–Crippen LogP) is 1.72. The van der Waals surface area contributed by atoms with E-state index in [9.17, 15) is 9.90 Å². The van der Waals surface area contributed by atoms with Gasteiger partial charge in [-0.3, -0.25) is 4.79 Å². The lowest BCUT2D eigenvalue weighted by molar-refractivity contribution is -0.142. The largest absolute Gasteiger partial charge is 0.466 e. The average molecular weight is 247 g/mol. The fourth-order valence-corrected chi connectivity index (χ4v) is 1.93. The molecule has 18 heavy (non-hydrogen) atoms. The molecule has 0 amide bonds. The van der Waals surface area contributed by atoms with Gasteiger partial charge in [-0.05, 0) is 36.1 Å². The first-order valence-corrected chi connectivity index (χ1v) is 5.98. The lowest BCUT2D eigenvalue weighted by Crippen LogP contribution is -2.12. The van der Waals surface area contributed by atoms with Gasteiger partial charge in [0.15, 0.2) is 0 Å². The summed E-state index contributed by atoms with van der Waals surface area (Å²) in [7, 11) is 0. The second-order valence-electron chi connectivity index (χ2n) is 3.83. The highest BCUT2D eigenvalue weighted by Crippen LogP contribution is 2.21. The second-order valence-corrected chi connectivity index (χ2v) is 3.83. The molecule has 0 radical (unpaired) electrons. The van der Waals surface area contributed by atoms with Crippen LogP contribution in [-0.2, 0) is 29.0 Å². The zero-order valence-electron chi connectivity index (χ0n) is 10.7. The normalized spacial score (nSPS) is 9.89. The molecule has 0 bridgehead atoms. The van der Waals surface area contributed by atoms with E-state index in [-0.39, 0.29) is 19.0 Å². The lowest BCUT2D eigenvalue weighted by Gasteiger charge is -2.13. The molecule has 1 aromatic carbocycles. The molecule has 0 fully saturated rings. The van der Waals surface area contributed by atoms with Crippen molar-refractivity contribution in [1.82, 2.24) is 0 Å². The molecule has 0 heterocycles. The summed E-state index contributed by atoms with van der Waals surface area (Å²) in [6.07, 6.45) is 0.843. The third-order valence-corrected chi connectivity index (χ3v) is 2.81. The average Bonchev–Trinajstić information content (AvgIpc) is 2.38. The van der Waals surface area contributed by atoms with Crippen LogP contribution in [0.5, 0.6) is 0 Å². The monoisotopic (exact) mass is 247 g/mol. The zero-order chi connectivity index (χ0) is 13.5. The molecule has 4 nitrogen and oxygen atoms in total. The number of rotatable bonds is 5. The minimum absolute atomic E-state index is 0.0996. The standard InChI is InChI=1S/C14H17NO3/c1-3-10-5-6-11(8-15)13(9-16)12(10)7-14(17)18-4-2/h5-6,16H,3-4,7,9H2,1-2H3. The van der Waals surface area contributed by atoms with E-state index in [1.807, 2.05) is 19.1 Å². The van der Waals surface area contributed by atoms with Crippen LogP contribution in [0.25, 0.3) is 0 Å². The number of esters is 1. The number of carbonyl (C=O) groups excluding carboxylic acids is 1. The molecule has 0 atom stereocenters. The number of carbonyl (C=O) groups is 1. The van der Waals surface area contributed by atoms with Crippen LogP contribution in [0.3, 0.4) is 0 Å². The van der Waals surface area contributed by atoms with Gasteiger partial charge >= 0.3 is 5.97 Å². The van der Waals surface area contributed by atoms with E-state index in [0.29, 0.717) is 17.7 Å². The Kier molecular flexibility index (Phi) is 5.34. The van der Waals surface area contributed by atoms with Crippen LogP contribution < -0.4 is 0 Å². The van der Waals surface area contributed by atoms with Gasteiger partial charge in [0.2, 0.25) is 0 Å². The van der Waals surface area contributed by atoms with Crippen LogP contribution in [0.15, 0.2) is 12.1 Å². The van der Waals surface area contributed by atoms with Crippen molar-refractivity contribution < 1.29 is 14.6 Å². The summed E-state index contributed by atoms with van der Waals surface area (Å²) >= 11 is 0. The van der Waals surface area contributed by atoms with Gasteiger partial charge in [0.05, 0.1) is 31.3 Å². The van der Waals surface area contributed by atoms with Gasteiger partial charge in [-0.15, -0.1) is 0 Å². The predicted molar refractivity (Wildman–Crippen MR) is 66.8 cm³/mol. The van der Waals surface area contributed by atoms with E-state index in [1.165, 1.54) is 0 Å². The first kappa shape index (κ1) is 14.2. The Morgan fingerprint density at radius 3 is 2.61 bits per heavy atom. The number of nitrogens with zero attached hydrogens (tertiary/aromatic N) is 1. The molecule has 0 aliphatic heterocycles. The number of aliphatic hydroxyl groups is 1. The summed E-state index contributed by atoms with van der Waals surface area (Å²) in [6, 6.07) is 5.54. The Balaban J connectivity index is 3.20. The fraction of sp³-hybridized carbons (Fsp3) is 0.429. The van der Waals surface area contributed by atoms with Gasteiger partial charge in [-0.2, -0.15) is 5.26 Å². The number of nitriles is 1. The summed E-state index contributed by atoms with van der Waals surface area (Å²) < 4.78 is 4.91. The highest BCUT2D eigenvalue weighted by molar-refractivity contribution is 5.74. The molecule has 0 saturated heterocycles. The lowest BCUT2D eigenvalue weighted by atomic mass is 9.93. The second kappa shape index (κ2) is 6.77. The molecule has 0 spiro atoms. The number of hydrogen-bond acceptors (Lipinski definition) is 4. The Bertz CT molecular complexity index is 475. The molecular weight excluding hydrogens is 230 g/mol. The van der Waals surface area contributed by atoms with Gasteiger partial charge in [0, 0.05) is 0 Å². The summed E-state index contributed by atoms with van der Waals surface area (Å²) in [6.45, 7) is 3.80. The van der Waals surface area contributed by atoms with Crippen molar-refractivity contribution in [2.75, 3.05) is 6.61 Å². The molecule has 0 aliphatic carbocycles. The van der Waals surface area contributed by atoms with Crippen molar-refractivity contribution in [3.05, 3.63) is 34.4 Å². The van der Waals surface area contributed by atoms with Crippen molar-refractivity contribution in [3.8, 4) is 6.07 Å². The van der Waals surface area contributed by atoms with E-state index in [4.69, 9.17) is 10.00 Å². The molecule has 96 valence electrons. The van der Waals surface area contributed by atoms with Gasteiger partial charge in [-0.1, -0.05) is 13.0 Å². The first-order valence-electron chi connectivity index (χ1n) is 5.98. The number of aliphatic hydroxyl groups excluding tert-OH is 1. The third kappa shape index (κ3) is 3.08. The number of benzene rings is 1. The Labute approximate surface area is 107 Å². The van der Waals surface area contributed by atoms with Crippen molar-refractivity contribution >= 4 is 5.97 Å². The SMILES string of the molecule is CCOC(=O)Cc1c(CC)ccc(C#N)c1CO. The quantitative estimate of drug-likeness (QED) is 0.804. The van der Waals surface area contributed by atoms with Gasteiger partial charge in [-0.25, -0.2) is 0 Å². The number of aryl methyl sites for hydroxylation is 1. The van der Waals surface area contributed by atoms with Gasteiger partial charge in [0.1, 0.15) is 0 Å². The fourth-order valence-electron chi connectivity index (χ4n) is 1.93. The Morgan fingerprint density at radius 1 is 1.39 bits per heavy atom. The maximum Gasteiger partial charge on any atom is 0.310 e. The topological polar surface area (TPSA) is 70.3 Å². The van der Waals surface area contributed by atoms with Gasteiger partial charge < -0.3 is 9.84 Å². The molecule has 4 heteroatoms. The zero-order valence-corrected chi connectivity index (χ0v) is 10.7. The Morgan fingerprint density at radius 2 is 2.11 bits per heavy atom. The van der Waals surface area contributed by atoms with Crippen molar-refractivity contribution in [2.45, 2.75) is 33.3 Å². The third-order valence-electron chi connectivity index (χ3n) is 2.81. The van der Waals surface area contributed by atoms with Crippen LogP contribution >= 0.6 is 0 Å². The molecule has 0 aromatic heterocycles. The van der Waals surface area contributed by atoms with E-state index >= 15 is 0 Å². The van der Waals surface area contributed by atoms with Gasteiger partial charge in [0.25, 0.3) is 0 Å². The van der Waals surface area contributed by atoms with Crippen LogP contribution in [-0.4, -0.2) is 17.7 Å². The highest BCUT2D eigenvalue weighted by Gasteiger charge is 2.15. The van der Waals surface area contributed by atoms with Crippen LogP contribution in [0.1, 0.15) is 36.1 Å². The van der Waals surface area contributed by atoms with Crippen LogP contribution in [0, 0.1) is 11.3 Å². The minimum atomic E-state index is -0.336. The summed E-state index contributed by atoms with van der Waals surface area (Å²) in [5.74, 6) is -0.336. The smallest absolute Gasteiger partial charge is 0.310 e. The van der Waals surface area contributed by atoms with Crippen molar-refractivity contribution in [2.24, 2.45) is 0 Å². The van der Waals surface area contributed by atoms with E-state index in [2.05, 4.69) is 0 Å². The molecule has 1 N–H and O–H groups in total. The molecule has 0 aliphatic rings. The molecular formula is C14H17NO3. The summed E-state index contributed by atoms with van der Waals surface area (Å²) in [5, 5.41) is 18.4. The Hall–Kier alpha value is -1.86. The molecule has 0 saturated carbocycles. The van der Waals surface area contributed by atoms with Crippen LogP contribution in [0.4, 0.5) is 0 Å². The highest BCUT2D eigenvalue weighted by atomic mass is 16.5. The van der Waals surface area contributed by atoms with E-state index < -0.39 is 0 Å². The van der Waals surface area contributed by atoms with Crippen molar-refractivity contribution in [1.29, 1.82) is 5.26 Å². The molecule has 1 aromatic rings.